The van der Waals surface area contributed by atoms with Gasteiger partial charge in [0, 0.05) is 54.9 Å². The van der Waals surface area contributed by atoms with E-state index in [1.807, 2.05) is 112 Å². The van der Waals surface area contributed by atoms with Crippen LogP contribution in [0.2, 0.25) is 10.0 Å². The molecule has 2 fully saturated rings. The van der Waals surface area contributed by atoms with E-state index in [0.717, 1.165) is 40.3 Å². The summed E-state index contributed by atoms with van der Waals surface area (Å²) in [5.74, 6) is -0.282. The fourth-order valence-corrected chi connectivity index (χ4v) is 8.98. The Morgan fingerprint density at radius 1 is 0.938 bits per heavy atom. The van der Waals surface area contributed by atoms with Gasteiger partial charge in [-0.3, -0.25) is 19.2 Å². The normalized spacial score (nSPS) is 19.9. The Bertz CT molecular complexity index is 2460. The lowest BCUT2D eigenvalue weighted by atomic mass is 9.80. The second-order valence-corrected chi connectivity index (χ2v) is 18.3. The number of carbonyl (C=O) groups excluding carboxylic acids is 4. The number of likely N-dealkylation sites (N-methyl/N-ethyl adjacent to an activating group) is 1. The standard InChI is InChI=1S/C50H57Cl2N7O6/c1-33(53-28-37-14-19-40(52)26-44(37)65-41-20-15-36(16-21-41)43-29-54-45(57(43)4)30-56(2)3)47(61)55-42-31-64-46(60)25-38(24-34-10-7-6-8-11-34)48(62)59-23-9-22-50(32-59,58(5)49(42)63)27-35-12-17-39(51)18-13-35/h6-8,10-21,26,29,33,38,42,53H,9,22-25,27-28,30-32H2,1-5H3,(H,55,61)/t33-,38+,42-,50+/m0/s1. The summed E-state index contributed by atoms with van der Waals surface area (Å²) < 4.78 is 14.2. The molecule has 0 radical (unpaired) electrons. The van der Waals surface area contributed by atoms with Crippen molar-refractivity contribution in [3.63, 3.8) is 0 Å². The lowest BCUT2D eigenvalue weighted by molar-refractivity contribution is -0.157. The molecule has 5 aromatic rings. The van der Waals surface area contributed by atoms with Crippen LogP contribution in [0.25, 0.3) is 11.3 Å². The van der Waals surface area contributed by atoms with Crippen LogP contribution < -0.4 is 15.4 Å². The minimum atomic E-state index is -1.20. The van der Waals surface area contributed by atoms with Gasteiger partial charge in [0.2, 0.25) is 17.7 Å². The second-order valence-electron chi connectivity index (χ2n) is 17.5. The number of imidazole rings is 1. The van der Waals surface area contributed by atoms with Crippen molar-refractivity contribution in [2.24, 2.45) is 13.0 Å². The van der Waals surface area contributed by atoms with Gasteiger partial charge in [0.05, 0.1) is 42.4 Å². The molecule has 0 unspecified atom stereocenters. The summed E-state index contributed by atoms with van der Waals surface area (Å²) in [5.41, 5.74) is 3.77. The van der Waals surface area contributed by atoms with Gasteiger partial charge < -0.3 is 39.4 Å². The van der Waals surface area contributed by atoms with E-state index < -0.39 is 47.9 Å². The molecule has 2 aliphatic rings. The lowest BCUT2D eigenvalue weighted by Gasteiger charge is -2.50. The quantitative estimate of drug-likeness (QED) is 0.112. The Morgan fingerprint density at radius 3 is 2.38 bits per heavy atom. The van der Waals surface area contributed by atoms with E-state index in [9.17, 15) is 19.2 Å². The number of fused-ring (bicyclic) bond motifs is 2. The molecule has 3 heterocycles. The number of benzene rings is 4. The van der Waals surface area contributed by atoms with Crippen molar-refractivity contribution in [1.29, 1.82) is 0 Å². The molecule has 0 aliphatic carbocycles. The number of halogens is 2. The van der Waals surface area contributed by atoms with Crippen LogP contribution in [0.3, 0.4) is 0 Å². The summed E-state index contributed by atoms with van der Waals surface area (Å²) in [6.45, 7) is 2.99. The van der Waals surface area contributed by atoms with Gasteiger partial charge in [-0.05, 0) is 106 Å². The largest absolute Gasteiger partial charge is 0.463 e. The third-order valence-electron chi connectivity index (χ3n) is 12.4. The van der Waals surface area contributed by atoms with Gasteiger partial charge in [-0.2, -0.15) is 0 Å². The van der Waals surface area contributed by atoms with Crippen LogP contribution in [0.15, 0.2) is 103 Å². The lowest BCUT2D eigenvalue weighted by Crippen LogP contribution is -2.65. The number of esters is 1. The number of ether oxygens (including phenoxy) is 2. The van der Waals surface area contributed by atoms with Crippen molar-refractivity contribution < 1.29 is 28.7 Å². The average Bonchev–Trinajstić information content (AvgIpc) is 3.65. The van der Waals surface area contributed by atoms with Crippen LogP contribution in [0.1, 0.15) is 48.7 Å². The summed E-state index contributed by atoms with van der Waals surface area (Å²) in [6.07, 6.45) is 3.74. The Labute approximate surface area is 391 Å². The van der Waals surface area contributed by atoms with Crippen LogP contribution in [-0.2, 0) is 56.9 Å². The summed E-state index contributed by atoms with van der Waals surface area (Å²) in [6, 6.07) is 28.1. The summed E-state index contributed by atoms with van der Waals surface area (Å²) >= 11 is 12.7. The molecule has 2 bridgehead atoms. The van der Waals surface area contributed by atoms with E-state index >= 15 is 0 Å². The number of rotatable bonds is 14. The number of carbonyl (C=O) groups is 4. The van der Waals surface area contributed by atoms with Gasteiger partial charge in [-0.15, -0.1) is 0 Å². The van der Waals surface area contributed by atoms with Crippen LogP contribution in [-0.4, -0.2) is 106 Å². The summed E-state index contributed by atoms with van der Waals surface area (Å²) in [5, 5.41) is 7.24. The highest BCUT2D eigenvalue weighted by Gasteiger charge is 2.46. The highest BCUT2D eigenvalue weighted by molar-refractivity contribution is 6.31. The van der Waals surface area contributed by atoms with Crippen molar-refractivity contribution in [3.8, 4) is 22.8 Å². The number of nitrogens with zero attached hydrogens (tertiary/aromatic N) is 5. The third-order valence-corrected chi connectivity index (χ3v) is 12.9. The number of aromatic nitrogens is 2. The van der Waals surface area contributed by atoms with Gasteiger partial charge in [0.15, 0.2) is 0 Å². The van der Waals surface area contributed by atoms with E-state index in [1.54, 1.807) is 35.9 Å². The maximum absolute atomic E-state index is 14.7. The molecule has 0 spiro atoms. The van der Waals surface area contributed by atoms with Gasteiger partial charge in [-0.25, -0.2) is 4.98 Å². The minimum absolute atomic E-state index is 0.153. The maximum Gasteiger partial charge on any atom is 0.306 e. The van der Waals surface area contributed by atoms with E-state index in [2.05, 4.69) is 25.1 Å². The molecule has 13 nitrogen and oxygen atoms in total. The number of cyclic esters (lactones) is 1. The molecule has 65 heavy (non-hydrogen) atoms. The van der Waals surface area contributed by atoms with Crippen LogP contribution in [0.4, 0.5) is 0 Å². The van der Waals surface area contributed by atoms with Crippen LogP contribution in [0, 0.1) is 5.92 Å². The first-order valence-electron chi connectivity index (χ1n) is 21.9. The van der Waals surface area contributed by atoms with Crippen molar-refractivity contribution in [2.75, 3.05) is 40.8 Å². The topological polar surface area (TPSA) is 138 Å². The summed E-state index contributed by atoms with van der Waals surface area (Å²) in [4.78, 5) is 66.6. The first-order chi connectivity index (χ1) is 31.2. The van der Waals surface area contributed by atoms with Crippen LogP contribution in [0.5, 0.6) is 11.5 Å². The second kappa shape index (κ2) is 21.1. The fourth-order valence-electron chi connectivity index (χ4n) is 8.69. The smallest absolute Gasteiger partial charge is 0.306 e. The van der Waals surface area contributed by atoms with E-state index in [-0.39, 0.29) is 25.4 Å². The molecule has 4 atom stereocenters. The Morgan fingerprint density at radius 2 is 1.66 bits per heavy atom. The fraction of sp³-hybridized carbons (Fsp3) is 0.380. The van der Waals surface area contributed by atoms with Gasteiger partial charge in [-0.1, -0.05) is 71.7 Å². The first kappa shape index (κ1) is 47.2. The molecule has 2 aliphatic heterocycles. The predicted octanol–water partition coefficient (Wildman–Crippen LogP) is 7.08. The van der Waals surface area contributed by atoms with Crippen molar-refractivity contribution in [3.05, 3.63) is 136 Å². The number of nitrogens with one attached hydrogen (secondary N) is 2. The van der Waals surface area contributed by atoms with E-state index in [1.165, 1.54) is 0 Å². The number of hydrogen-bond acceptors (Lipinski definition) is 9. The van der Waals surface area contributed by atoms with E-state index in [4.69, 9.17) is 32.7 Å². The Kier molecular flexibility index (Phi) is 15.3. The van der Waals surface area contributed by atoms with Crippen molar-refractivity contribution >= 4 is 46.9 Å². The molecule has 342 valence electrons. The monoisotopic (exact) mass is 921 g/mol. The number of amides is 3. The molecular weight excluding hydrogens is 865 g/mol. The highest BCUT2D eigenvalue weighted by atomic mass is 35.5. The molecule has 0 saturated carbocycles. The van der Waals surface area contributed by atoms with Crippen molar-refractivity contribution in [1.82, 2.24) is 34.9 Å². The molecule has 2 N–H and O–H groups in total. The zero-order chi connectivity index (χ0) is 46.3. The number of hydrogen-bond donors (Lipinski definition) is 2. The van der Waals surface area contributed by atoms with Crippen molar-refractivity contribution in [2.45, 2.75) is 69.7 Å². The SMILES string of the molecule is C[C@H](NCc1ccc(Cl)cc1Oc1ccc(-c2cnc(CN(C)C)n2C)cc1)C(=O)N[C@H]1COC(=O)C[C@@H](Cc2ccccc2)C(=O)N2CCC[C@@](Cc3ccc(Cl)cc3)(C2)N(C)C1=O. The Balaban J connectivity index is 1.07. The first-order valence-corrected chi connectivity index (χ1v) is 22.7. The predicted molar refractivity (Wildman–Crippen MR) is 251 cm³/mol. The molecule has 15 heteroatoms. The zero-order valence-corrected chi connectivity index (χ0v) is 39.1. The minimum Gasteiger partial charge on any atom is -0.463 e. The molecule has 3 amide bonds. The third kappa shape index (κ3) is 11.8. The maximum atomic E-state index is 14.7. The molecule has 7 rings (SSSR count). The van der Waals surface area contributed by atoms with Gasteiger partial charge in [0.1, 0.15) is 30.0 Å². The average molecular weight is 923 g/mol. The zero-order valence-electron chi connectivity index (χ0n) is 37.6. The molecule has 1 aromatic heterocycles. The molecule has 4 aromatic carbocycles. The number of piperidine rings is 1. The van der Waals surface area contributed by atoms with E-state index in [0.29, 0.717) is 53.8 Å². The van der Waals surface area contributed by atoms with Gasteiger partial charge >= 0.3 is 5.97 Å². The highest BCUT2D eigenvalue weighted by Crippen LogP contribution is 2.34. The molecule has 2 saturated heterocycles. The van der Waals surface area contributed by atoms with Crippen LogP contribution >= 0.6 is 23.2 Å². The molecular formula is C50H57Cl2N7O6. The summed E-state index contributed by atoms with van der Waals surface area (Å²) in [7, 11) is 7.72. The Hall–Kier alpha value is -5.73. The van der Waals surface area contributed by atoms with Gasteiger partial charge in [0.25, 0.3) is 0 Å².